The Labute approximate surface area is 178 Å². The van der Waals surface area contributed by atoms with Gasteiger partial charge in [0.05, 0.1) is 23.3 Å². The van der Waals surface area contributed by atoms with Gasteiger partial charge in [-0.05, 0) is 37.6 Å². The number of halogens is 2. The highest BCUT2D eigenvalue weighted by molar-refractivity contribution is 6.42. The van der Waals surface area contributed by atoms with Crippen LogP contribution in [0.25, 0.3) is 6.08 Å². The number of methoxy groups -OCH3 is 1. The normalized spacial score (nSPS) is 30.8. The van der Waals surface area contributed by atoms with Crippen molar-refractivity contribution in [1.82, 2.24) is 0 Å². The maximum atomic E-state index is 12.4. The van der Waals surface area contributed by atoms with E-state index in [1.165, 1.54) is 19.3 Å². The van der Waals surface area contributed by atoms with Crippen LogP contribution >= 0.6 is 23.2 Å². The SMILES string of the molecule is COC(=O)[C@@]1(O)C[C@@H](OC(=O)/C=C/c2ccc(Cl)c(Cl)c2)[C@@H]2OC(C)(C)O[C@@H]2C1. The molecule has 1 saturated heterocycles. The molecule has 1 saturated carbocycles. The highest BCUT2D eigenvalue weighted by Gasteiger charge is 2.58. The number of hydrogen-bond donors (Lipinski definition) is 1. The van der Waals surface area contributed by atoms with Gasteiger partial charge in [0.1, 0.15) is 12.2 Å². The topological polar surface area (TPSA) is 91.3 Å². The molecule has 158 valence electrons. The van der Waals surface area contributed by atoms with Gasteiger partial charge in [0, 0.05) is 18.9 Å². The summed E-state index contributed by atoms with van der Waals surface area (Å²) in [6.45, 7) is 3.43. The van der Waals surface area contributed by atoms with Crippen molar-refractivity contribution in [3.05, 3.63) is 39.9 Å². The van der Waals surface area contributed by atoms with E-state index < -0.39 is 41.6 Å². The van der Waals surface area contributed by atoms with Gasteiger partial charge in [0.15, 0.2) is 11.4 Å². The van der Waals surface area contributed by atoms with Crippen molar-refractivity contribution >= 4 is 41.2 Å². The average molecular weight is 445 g/mol. The first-order valence-corrected chi connectivity index (χ1v) is 9.79. The summed E-state index contributed by atoms with van der Waals surface area (Å²) in [4.78, 5) is 24.5. The first-order valence-electron chi connectivity index (χ1n) is 9.03. The third-order valence-corrected chi connectivity index (χ3v) is 5.59. The van der Waals surface area contributed by atoms with Gasteiger partial charge in [0.2, 0.25) is 0 Å². The minimum absolute atomic E-state index is 0.0130. The summed E-state index contributed by atoms with van der Waals surface area (Å²) in [5, 5.41) is 11.5. The van der Waals surface area contributed by atoms with Gasteiger partial charge in [-0.2, -0.15) is 0 Å². The van der Waals surface area contributed by atoms with Crippen molar-refractivity contribution in [3.8, 4) is 0 Å². The molecule has 0 aromatic heterocycles. The Morgan fingerprint density at radius 2 is 1.93 bits per heavy atom. The van der Waals surface area contributed by atoms with Crippen molar-refractivity contribution in [3.63, 3.8) is 0 Å². The Hall–Kier alpha value is -1.64. The average Bonchev–Trinajstić information content (AvgIpc) is 2.95. The third kappa shape index (κ3) is 4.92. The molecule has 1 aliphatic heterocycles. The number of ether oxygens (including phenoxy) is 4. The van der Waals surface area contributed by atoms with Crippen LogP contribution < -0.4 is 0 Å². The molecule has 3 rings (SSSR count). The zero-order valence-electron chi connectivity index (χ0n) is 16.2. The molecule has 29 heavy (non-hydrogen) atoms. The van der Waals surface area contributed by atoms with Crippen LogP contribution in [-0.2, 0) is 28.5 Å². The van der Waals surface area contributed by atoms with E-state index >= 15 is 0 Å². The molecule has 7 nitrogen and oxygen atoms in total. The quantitative estimate of drug-likeness (QED) is 0.563. The molecular weight excluding hydrogens is 423 g/mol. The van der Waals surface area contributed by atoms with E-state index in [1.807, 2.05) is 0 Å². The fourth-order valence-corrected chi connectivity index (χ4v) is 3.94. The summed E-state index contributed by atoms with van der Waals surface area (Å²) in [6, 6.07) is 4.92. The lowest BCUT2D eigenvalue weighted by Crippen LogP contribution is -2.56. The van der Waals surface area contributed by atoms with Gasteiger partial charge in [0.25, 0.3) is 0 Å². The van der Waals surface area contributed by atoms with Crippen LogP contribution in [0, 0.1) is 0 Å². The molecule has 1 heterocycles. The summed E-state index contributed by atoms with van der Waals surface area (Å²) in [5.74, 6) is -2.41. The summed E-state index contributed by atoms with van der Waals surface area (Å²) in [7, 11) is 1.18. The second-order valence-corrected chi connectivity index (χ2v) is 8.37. The Morgan fingerprint density at radius 3 is 2.59 bits per heavy atom. The van der Waals surface area contributed by atoms with Crippen molar-refractivity contribution in [2.24, 2.45) is 0 Å². The molecule has 1 aliphatic carbocycles. The van der Waals surface area contributed by atoms with Crippen LogP contribution in [0.5, 0.6) is 0 Å². The highest BCUT2D eigenvalue weighted by Crippen LogP contribution is 2.42. The van der Waals surface area contributed by atoms with Crippen molar-refractivity contribution in [1.29, 1.82) is 0 Å². The Kier molecular flexibility index (Phi) is 6.27. The summed E-state index contributed by atoms with van der Waals surface area (Å²) >= 11 is 11.8. The third-order valence-electron chi connectivity index (χ3n) is 4.85. The molecular formula is C20H22Cl2O7. The predicted octanol–water partition coefficient (Wildman–Crippen LogP) is 3.14. The first kappa shape index (κ1) is 22.1. The molecule has 2 fully saturated rings. The Morgan fingerprint density at radius 1 is 1.21 bits per heavy atom. The molecule has 9 heteroatoms. The molecule has 0 unspecified atom stereocenters. The monoisotopic (exact) mass is 444 g/mol. The number of carbonyl (C=O) groups is 2. The number of hydrogen-bond acceptors (Lipinski definition) is 7. The van der Waals surface area contributed by atoms with E-state index in [4.69, 9.17) is 42.1 Å². The molecule has 1 N–H and O–H groups in total. The van der Waals surface area contributed by atoms with Crippen LogP contribution in [0.4, 0.5) is 0 Å². The fourth-order valence-electron chi connectivity index (χ4n) is 3.64. The van der Waals surface area contributed by atoms with E-state index in [0.717, 1.165) is 0 Å². The van der Waals surface area contributed by atoms with Gasteiger partial charge in [-0.15, -0.1) is 0 Å². The first-order chi connectivity index (χ1) is 13.5. The maximum Gasteiger partial charge on any atom is 0.338 e. The molecule has 0 amide bonds. The Balaban J connectivity index is 1.75. The van der Waals surface area contributed by atoms with E-state index in [0.29, 0.717) is 15.6 Å². The standard InChI is InChI=1S/C20H22Cl2O7/c1-19(2)28-15-10-20(25,18(24)26-3)9-14(17(15)29-19)27-16(23)7-5-11-4-6-12(21)13(22)8-11/h4-8,14-15,17,25H,9-10H2,1-3H3/b7-5+/t14-,15-,17+,20-/m1/s1. The largest absolute Gasteiger partial charge is 0.467 e. The number of benzene rings is 1. The van der Waals surface area contributed by atoms with E-state index in [-0.39, 0.29) is 12.8 Å². The second-order valence-electron chi connectivity index (χ2n) is 7.55. The maximum absolute atomic E-state index is 12.4. The minimum Gasteiger partial charge on any atom is -0.467 e. The van der Waals surface area contributed by atoms with Gasteiger partial charge >= 0.3 is 11.9 Å². The van der Waals surface area contributed by atoms with Crippen LogP contribution in [-0.4, -0.2) is 53.9 Å². The van der Waals surface area contributed by atoms with E-state index in [2.05, 4.69) is 0 Å². The number of aliphatic hydroxyl groups is 1. The lowest BCUT2D eigenvalue weighted by atomic mass is 9.79. The van der Waals surface area contributed by atoms with Crippen molar-refractivity contribution < 1.29 is 33.6 Å². The lowest BCUT2D eigenvalue weighted by molar-refractivity contribution is -0.187. The fraction of sp³-hybridized carbons (Fsp3) is 0.500. The molecule has 2 aliphatic rings. The van der Waals surface area contributed by atoms with Crippen molar-refractivity contribution in [2.75, 3.05) is 7.11 Å². The van der Waals surface area contributed by atoms with Crippen LogP contribution in [0.2, 0.25) is 10.0 Å². The van der Waals surface area contributed by atoms with Crippen molar-refractivity contribution in [2.45, 2.75) is 56.4 Å². The second kappa shape index (κ2) is 8.24. The molecule has 0 radical (unpaired) electrons. The molecule has 0 bridgehead atoms. The molecule has 1 aromatic rings. The molecule has 0 spiro atoms. The van der Waals surface area contributed by atoms with E-state index in [9.17, 15) is 14.7 Å². The Bertz CT molecular complexity index is 838. The molecule has 1 aromatic carbocycles. The summed E-state index contributed by atoms with van der Waals surface area (Å²) in [6.07, 6.45) is 0.435. The number of esters is 2. The number of rotatable bonds is 4. The highest BCUT2D eigenvalue weighted by atomic mass is 35.5. The van der Waals surface area contributed by atoms with Crippen LogP contribution in [0.1, 0.15) is 32.3 Å². The van der Waals surface area contributed by atoms with Crippen LogP contribution in [0.3, 0.4) is 0 Å². The summed E-state index contributed by atoms with van der Waals surface area (Å²) < 4.78 is 21.8. The minimum atomic E-state index is -1.84. The van der Waals surface area contributed by atoms with Gasteiger partial charge in [-0.25, -0.2) is 9.59 Å². The van der Waals surface area contributed by atoms with Crippen LogP contribution in [0.15, 0.2) is 24.3 Å². The lowest BCUT2D eigenvalue weighted by Gasteiger charge is -2.39. The molecule has 4 atom stereocenters. The smallest absolute Gasteiger partial charge is 0.338 e. The van der Waals surface area contributed by atoms with Gasteiger partial charge in [-0.3, -0.25) is 0 Å². The zero-order chi connectivity index (χ0) is 21.4. The van der Waals surface area contributed by atoms with E-state index in [1.54, 1.807) is 32.0 Å². The van der Waals surface area contributed by atoms with Gasteiger partial charge < -0.3 is 24.1 Å². The number of fused-ring (bicyclic) bond motifs is 1. The predicted molar refractivity (Wildman–Crippen MR) is 105 cm³/mol. The zero-order valence-corrected chi connectivity index (χ0v) is 17.7. The summed E-state index contributed by atoms with van der Waals surface area (Å²) in [5.41, 5.74) is -1.18. The number of carbonyl (C=O) groups excluding carboxylic acids is 2. The van der Waals surface area contributed by atoms with Gasteiger partial charge in [-0.1, -0.05) is 29.3 Å².